The van der Waals surface area contributed by atoms with Crippen molar-refractivity contribution < 1.29 is 4.39 Å². The van der Waals surface area contributed by atoms with E-state index in [-0.39, 0.29) is 5.82 Å². The highest BCUT2D eigenvalue weighted by atomic mass is 79.9. The van der Waals surface area contributed by atoms with Crippen LogP contribution in [-0.2, 0) is 6.54 Å². The lowest BCUT2D eigenvalue weighted by Gasteiger charge is -2.10. The first-order chi connectivity index (χ1) is 9.74. The smallest absolute Gasteiger partial charge is 0.137 e. The van der Waals surface area contributed by atoms with Gasteiger partial charge in [0, 0.05) is 12.2 Å². The van der Waals surface area contributed by atoms with Gasteiger partial charge in [0.25, 0.3) is 0 Å². The summed E-state index contributed by atoms with van der Waals surface area (Å²) in [4.78, 5) is 0. The largest absolute Gasteiger partial charge is 0.381 e. The van der Waals surface area contributed by atoms with Crippen LogP contribution < -0.4 is 5.32 Å². The minimum absolute atomic E-state index is 0.249. The molecule has 0 aromatic heterocycles. The van der Waals surface area contributed by atoms with Crippen LogP contribution in [0.2, 0.25) is 0 Å². The number of fused-ring (bicyclic) bond motifs is 1. The van der Waals surface area contributed by atoms with Gasteiger partial charge < -0.3 is 5.32 Å². The lowest BCUT2D eigenvalue weighted by molar-refractivity contribution is 0.621. The third kappa shape index (κ3) is 2.68. The Kier molecular flexibility index (Phi) is 3.70. The van der Waals surface area contributed by atoms with E-state index in [1.807, 2.05) is 12.1 Å². The lowest BCUT2D eigenvalue weighted by atomic mass is 10.0. The first-order valence-corrected chi connectivity index (χ1v) is 7.19. The zero-order chi connectivity index (χ0) is 13.9. The van der Waals surface area contributed by atoms with Crippen molar-refractivity contribution in [3.05, 3.63) is 76.5 Å². The van der Waals surface area contributed by atoms with E-state index in [0.717, 1.165) is 5.69 Å². The Balaban J connectivity index is 1.85. The number of anilines is 1. The van der Waals surface area contributed by atoms with Gasteiger partial charge in [0.15, 0.2) is 0 Å². The summed E-state index contributed by atoms with van der Waals surface area (Å²) in [7, 11) is 0. The highest BCUT2D eigenvalue weighted by molar-refractivity contribution is 9.10. The molecule has 0 amide bonds. The number of rotatable bonds is 3. The molecular formula is C17H13BrFN. The Hall–Kier alpha value is -1.87. The Morgan fingerprint density at radius 2 is 1.75 bits per heavy atom. The molecule has 3 aromatic carbocycles. The molecule has 0 aliphatic rings. The van der Waals surface area contributed by atoms with E-state index in [0.29, 0.717) is 11.0 Å². The van der Waals surface area contributed by atoms with Gasteiger partial charge >= 0.3 is 0 Å². The van der Waals surface area contributed by atoms with Gasteiger partial charge in [0.1, 0.15) is 5.82 Å². The van der Waals surface area contributed by atoms with Gasteiger partial charge in [-0.15, -0.1) is 0 Å². The molecule has 0 heterocycles. The van der Waals surface area contributed by atoms with Crippen LogP contribution in [0.1, 0.15) is 5.56 Å². The molecule has 100 valence electrons. The predicted molar refractivity (Wildman–Crippen MR) is 85.4 cm³/mol. The molecule has 20 heavy (non-hydrogen) atoms. The van der Waals surface area contributed by atoms with Crippen molar-refractivity contribution in [2.24, 2.45) is 0 Å². The summed E-state index contributed by atoms with van der Waals surface area (Å²) >= 11 is 3.20. The van der Waals surface area contributed by atoms with Crippen LogP contribution in [0.5, 0.6) is 0 Å². The molecule has 0 bridgehead atoms. The van der Waals surface area contributed by atoms with E-state index in [9.17, 15) is 4.39 Å². The molecule has 3 heteroatoms. The maximum atomic E-state index is 13.2. The molecule has 0 fully saturated rings. The molecule has 0 radical (unpaired) electrons. The third-order valence-corrected chi connectivity index (χ3v) is 3.89. The molecule has 3 aromatic rings. The summed E-state index contributed by atoms with van der Waals surface area (Å²) < 4.78 is 13.7. The monoisotopic (exact) mass is 329 g/mol. The number of hydrogen-bond acceptors (Lipinski definition) is 1. The highest BCUT2D eigenvalue weighted by Gasteiger charge is 2.02. The molecular weight excluding hydrogens is 317 g/mol. The molecule has 0 spiro atoms. The second kappa shape index (κ2) is 5.63. The fourth-order valence-electron chi connectivity index (χ4n) is 2.25. The third-order valence-electron chi connectivity index (χ3n) is 3.28. The Bertz CT molecular complexity index is 750. The summed E-state index contributed by atoms with van der Waals surface area (Å²) in [5, 5.41) is 5.79. The van der Waals surface area contributed by atoms with Crippen molar-refractivity contribution in [3.63, 3.8) is 0 Å². The molecule has 0 saturated carbocycles. The van der Waals surface area contributed by atoms with Gasteiger partial charge in [0.05, 0.1) is 4.47 Å². The zero-order valence-corrected chi connectivity index (χ0v) is 12.3. The van der Waals surface area contributed by atoms with E-state index >= 15 is 0 Å². The first kappa shape index (κ1) is 13.1. The van der Waals surface area contributed by atoms with Gasteiger partial charge in [-0.25, -0.2) is 4.39 Å². The molecule has 0 unspecified atom stereocenters. The molecule has 0 saturated heterocycles. The topological polar surface area (TPSA) is 12.0 Å². The van der Waals surface area contributed by atoms with Gasteiger partial charge in [-0.3, -0.25) is 0 Å². The van der Waals surface area contributed by atoms with Gasteiger partial charge in [-0.05, 0) is 50.5 Å². The van der Waals surface area contributed by atoms with E-state index in [2.05, 4.69) is 51.6 Å². The summed E-state index contributed by atoms with van der Waals surface area (Å²) in [5.74, 6) is -0.249. The molecule has 1 nitrogen and oxygen atoms in total. The number of hydrogen-bond donors (Lipinski definition) is 1. The molecule has 3 rings (SSSR count). The molecule has 0 aliphatic heterocycles. The van der Waals surface area contributed by atoms with Crippen LogP contribution in [0.4, 0.5) is 10.1 Å². The van der Waals surface area contributed by atoms with Crippen LogP contribution in [0.15, 0.2) is 65.1 Å². The lowest BCUT2D eigenvalue weighted by Crippen LogP contribution is -2.00. The minimum atomic E-state index is -0.249. The zero-order valence-electron chi connectivity index (χ0n) is 10.7. The Morgan fingerprint density at radius 1 is 0.950 bits per heavy atom. The molecule has 0 aliphatic carbocycles. The van der Waals surface area contributed by atoms with Crippen molar-refractivity contribution in [3.8, 4) is 0 Å². The fourth-order valence-corrected chi connectivity index (χ4v) is 2.63. The Labute approximate surface area is 125 Å². The van der Waals surface area contributed by atoms with Crippen LogP contribution in [0.25, 0.3) is 10.8 Å². The van der Waals surface area contributed by atoms with Gasteiger partial charge in [-0.1, -0.05) is 42.5 Å². The van der Waals surface area contributed by atoms with Crippen molar-refractivity contribution in [2.45, 2.75) is 6.54 Å². The number of halogens is 2. The van der Waals surface area contributed by atoms with Crippen LogP contribution in [0.3, 0.4) is 0 Å². The molecule has 1 N–H and O–H groups in total. The van der Waals surface area contributed by atoms with E-state index in [1.165, 1.54) is 22.4 Å². The maximum Gasteiger partial charge on any atom is 0.137 e. The number of benzene rings is 3. The molecule has 0 atom stereocenters. The quantitative estimate of drug-likeness (QED) is 0.682. The van der Waals surface area contributed by atoms with Gasteiger partial charge in [0.2, 0.25) is 0 Å². The average Bonchev–Trinajstić information content (AvgIpc) is 2.48. The summed E-state index contributed by atoms with van der Waals surface area (Å²) in [5.41, 5.74) is 2.12. The van der Waals surface area contributed by atoms with Crippen LogP contribution >= 0.6 is 15.9 Å². The van der Waals surface area contributed by atoms with E-state index < -0.39 is 0 Å². The standard InChI is InChI=1S/C17H13BrFN/c18-16-10-14(8-9-17(16)19)20-11-13-6-3-5-12-4-1-2-7-15(12)13/h1-10,20H,11H2. The summed E-state index contributed by atoms with van der Waals surface area (Å²) in [6.45, 7) is 0.708. The summed E-state index contributed by atoms with van der Waals surface area (Å²) in [6, 6.07) is 19.5. The maximum absolute atomic E-state index is 13.2. The van der Waals surface area contributed by atoms with Crippen molar-refractivity contribution >= 4 is 32.4 Å². The average molecular weight is 330 g/mol. The fraction of sp³-hybridized carbons (Fsp3) is 0.0588. The minimum Gasteiger partial charge on any atom is -0.381 e. The van der Waals surface area contributed by atoms with E-state index in [4.69, 9.17) is 0 Å². The van der Waals surface area contributed by atoms with Crippen molar-refractivity contribution in [1.82, 2.24) is 0 Å². The van der Waals surface area contributed by atoms with E-state index in [1.54, 1.807) is 12.1 Å². The van der Waals surface area contributed by atoms with Crippen LogP contribution in [-0.4, -0.2) is 0 Å². The predicted octanol–water partition coefficient (Wildman–Crippen LogP) is 5.35. The van der Waals surface area contributed by atoms with Crippen LogP contribution in [0, 0.1) is 5.82 Å². The summed E-state index contributed by atoms with van der Waals surface area (Å²) in [6.07, 6.45) is 0. The Morgan fingerprint density at radius 3 is 2.60 bits per heavy atom. The SMILES string of the molecule is Fc1ccc(NCc2cccc3ccccc23)cc1Br. The van der Waals surface area contributed by atoms with Crippen molar-refractivity contribution in [1.29, 1.82) is 0 Å². The second-order valence-corrected chi connectivity index (χ2v) is 5.48. The first-order valence-electron chi connectivity index (χ1n) is 6.39. The van der Waals surface area contributed by atoms with Crippen molar-refractivity contribution in [2.75, 3.05) is 5.32 Å². The second-order valence-electron chi connectivity index (χ2n) is 4.62. The normalized spacial score (nSPS) is 10.7. The number of nitrogens with one attached hydrogen (secondary N) is 1. The van der Waals surface area contributed by atoms with Gasteiger partial charge in [-0.2, -0.15) is 0 Å². The highest BCUT2D eigenvalue weighted by Crippen LogP contribution is 2.22.